The maximum atomic E-state index is 11.1. The van der Waals surface area contributed by atoms with Gasteiger partial charge < -0.3 is 0 Å². The van der Waals surface area contributed by atoms with Crippen molar-refractivity contribution < 1.29 is 4.79 Å². The Hall–Kier alpha value is -1.32. The number of carbonyl (C=O) groups excluding carboxylic acids is 1. The molecule has 0 atom stereocenters. The van der Waals surface area contributed by atoms with Gasteiger partial charge >= 0.3 is 0 Å². The molecule has 0 unspecified atom stereocenters. The summed E-state index contributed by atoms with van der Waals surface area (Å²) in [6.45, 7) is 0. The Morgan fingerprint density at radius 2 is 2.46 bits per heavy atom. The number of aryl methyl sites for hydroxylation is 2. The van der Waals surface area contributed by atoms with E-state index in [1.54, 1.807) is 0 Å². The zero-order valence-electron chi connectivity index (χ0n) is 6.86. The molecule has 0 bridgehead atoms. The minimum absolute atomic E-state index is 0.457. The van der Waals surface area contributed by atoms with Gasteiger partial charge in [0.05, 0.1) is 4.88 Å². The second kappa shape index (κ2) is 3.20. The molecule has 1 aliphatic carbocycles. The molecule has 1 amide bonds. The van der Waals surface area contributed by atoms with Gasteiger partial charge in [-0.25, -0.2) is 0 Å². The summed E-state index contributed by atoms with van der Waals surface area (Å²) in [7, 11) is 0. The van der Waals surface area contributed by atoms with Crippen LogP contribution in [-0.2, 0) is 12.8 Å². The SMILES string of the molecule is [N-]=[N+]=NC(=O)c1cc2c(s1)CCC2. The second-order valence-corrected chi connectivity index (χ2v) is 4.04. The maximum Gasteiger partial charge on any atom is 0.259 e. The fourth-order valence-electron chi connectivity index (χ4n) is 1.52. The predicted octanol–water partition coefficient (Wildman–Crippen LogP) is 2.69. The van der Waals surface area contributed by atoms with Crippen LogP contribution in [0.3, 0.4) is 0 Å². The molecule has 0 saturated heterocycles. The number of fused-ring (bicyclic) bond motifs is 1. The van der Waals surface area contributed by atoms with E-state index in [-0.39, 0.29) is 0 Å². The molecule has 1 aromatic rings. The van der Waals surface area contributed by atoms with Gasteiger partial charge in [-0.15, -0.1) is 11.3 Å². The molecule has 1 heterocycles. The van der Waals surface area contributed by atoms with Gasteiger partial charge in [0, 0.05) is 9.79 Å². The van der Waals surface area contributed by atoms with E-state index in [1.165, 1.54) is 28.2 Å². The van der Waals surface area contributed by atoms with E-state index in [4.69, 9.17) is 5.53 Å². The van der Waals surface area contributed by atoms with Gasteiger partial charge in [0.25, 0.3) is 5.91 Å². The van der Waals surface area contributed by atoms with E-state index in [0.29, 0.717) is 4.88 Å². The van der Waals surface area contributed by atoms with E-state index in [2.05, 4.69) is 10.0 Å². The van der Waals surface area contributed by atoms with Crippen molar-refractivity contribution in [3.63, 3.8) is 0 Å². The lowest BCUT2D eigenvalue weighted by Crippen LogP contribution is -1.87. The molecule has 0 fully saturated rings. The predicted molar refractivity (Wildman–Crippen MR) is 49.8 cm³/mol. The minimum atomic E-state index is -0.457. The first-order valence-corrected chi connectivity index (χ1v) is 4.84. The Kier molecular flexibility index (Phi) is 2.04. The van der Waals surface area contributed by atoms with E-state index < -0.39 is 5.91 Å². The molecule has 4 nitrogen and oxygen atoms in total. The third-order valence-corrected chi connectivity index (χ3v) is 3.32. The molecule has 1 aliphatic rings. The van der Waals surface area contributed by atoms with Crippen LogP contribution in [0.2, 0.25) is 0 Å². The summed E-state index contributed by atoms with van der Waals surface area (Å²) >= 11 is 1.46. The monoisotopic (exact) mass is 193 g/mol. The number of hydrogen-bond acceptors (Lipinski definition) is 2. The third-order valence-electron chi connectivity index (χ3n) is 2.09. The third kappa shape index (κ3) is 1.43. The highest BCUT2D eigenvalue weighted by molar-refractivity contribution is 7.14. The molecule has 66 valence electrons. The van der Waals surface area contributed by atoms with Crippen LogP contribution in [0.25, 0.3) is 10.4 Å². The highest BCUT2D eigenvalue weighted by Crippen LogP contribution is 2.30. The lowest BCUT2D eigenvalue weighted by molar-refractivity contribution is 0.100. The first-order valence-electron chi connectivity index (χ1n) is 4.02. The number of amides is 1. The zero-order valence-corrected chi connectivity index (χ0v) is 7.67. The maximum absolute atomic E-state index is 11.1. The fourth-order valence-corrected chi connectivity index (χ4v) is 2.66. The van der Waals surface area contributed by atoms with E-state index in [0.717, 1.165) is 12.8 Å². The zero-order chi connectivity index (χ0) is 9.26. The molecule has 13 heavy (non-hydrogen) atoms. The van der Waals surface area contributed by atoms with Gasteiger partial charge in [0.2, 0.25) is 0 Å². The number of rotatable bonds is 1. The lowest BCUT2D eigenvalue weighted by atomic mass is 10.2. The quantitative estimate of drug-likeness (QED) is 0.384. The summed E-state index contributed by atoms with van der Waals surface area (Å²) in [6.07, 6.45) is 3.29. The number of carbonyl (C=O) groups is 1. The number of hydrogen-bond donors (Lipinski definition) is 0. The molecular weight excluding hydrogens is 186 g/mol. The highest BCUT2D eigenvalue weighted by Gasteiger charge is 2.17. The summed E-state index contributed by atoms with van der Waals surface area (Å²) in [5.74, 6) is -0.457. The van der Waals surface area contributed by atoms with Crippen LogP contribution in [0.4, 0.5) is 0 Å². The van der Waals surface area contributed by atoms with Crippen molar-refractivity contribution in [2.75, 3.05) is 0 Å². The van der Waals surface area contributed by atoms with Crippen LogP contribution < -0.4 is 0 Å². The lowest BCUT2D eigenvalue weighted by Gasteiger charge is -1.86. The minimum Gasteiger partial charge on any atom is -0.286 e. The Balaban J connectivity index is 2.33. The van der Waals surface area contributed by atoms with Crippen molar-refractivity contribution in [1.29, 1.82) is 0 Å². The van der Waals surface area contributed by atoms with Crippen LogP contribution in [-0.4, -0.2) is 5.91 Å². The highest BCUT2D eigenvalue weighted by atomic mass is 32.1. The molecular formula is C8H7N3OS. The van der Waals surface area contributed by atoms with Crippen molar-refractivity contribution in [1.82, 2.24) is 0 Å². The van der Waals surface area contributed by atoms with E-state index in [9.17, 15) is 4.79 Å². The van der Waals surface area contributed by atoms with Gasteiger partial charge in [-0.2, -0.15) is 0 Å². The fraction of sp³-hybridized carbons (Fsp3) is 0.375. The summed E-state index contributed by atoms with van der Waals surface area (Å²) in [4.78, 5) is 15.5. The average Bonchev–Trinajstić information content (AvgIpc) is 2.61. The van der Waals surface area contributed by atoms with Gasteiger partial charge in [0.1, 0.15) is 0 Å². The number of nitrogens with zero attached hydrogens (tertiary/aromatic N) is 3. The Labute approximate surface area is 78.8 Å². The largest absolute Gasteiger partial charge is 0.286 e. The van der Waals surface area contributed by atoms with Crippen LogP contribution in [0, 0.1) is 0 Å². The Morgan fingerprint density at radius 3 is 3.15 bits per heavy atom. The van der Waals surface area contributed by atoms with Gasteiger partial charge in [-0.3, -0.25) is 4.79 Å². The summed E-state index contributed by atoms with van der Waals surface area (Å²) in [5.41, 5.74) is 9.34. The smallest absolute Gasteiger partial charge is 0.259 e. The molecule has 5 heteroatoms. The first-order chi connectivity index (χ1) is 6.31. The van der Waals surface area contributed by atoms with Crippen LogP contribution in [0.5, 0.6) is 0 Å². The average molecular weight is 193 g/mol. The first kappa shape index (κ1) is 8.29. The van der Waals surface area contributed by atoms with Gasteiger partial charge in [-0.1, -0.05) is 0 Å². The van der Waals surface area contributed by atoms with Gasteiger partial charge in [0.15, 0.2) is 0 Å². The number of azide groups is 1. The van der Waals surface area contributed by atoms with Crippen LogP contribution in [0.1, 0.15) is 26.5 Å². The molecule has 0 radical (unpaired) electrons. The molecule has 2 rings (SSSR count). The van der Waals surface area contributed by atoms with Crippen LogP contribution >= 0.6 is 11.3 Å². The topological polar surface area (TPSA) is 65.8 Å². The molecule has 0 N–H and O–H groups in total. The normalized spacial score (nSPS) is 13.5. The van der Waals surface area contributed by atoms with Crippen molar-refractivity contribution in [3.8, 4) is 0 Å². The molecule has 1 aromatic heterocycles. The van der Waals surface area contributed by atoms with Crippen molar-refractivity contribution in [2.45, 2.75) is 19.3 Å². The molecule has 0 aliphatic heterocycles. The van der Waals surface area contributed by atoms with Gasteiger partial charge in [-0.05, 0) is 41.5 Å². The van der Waals surface area contributed by atoms with E-state index in [1.807, 2.05) is 6.07 Å². The van der Waals surface area contributed by atoms with Crippen molar-refractivity contribution >= 4 is 17.2 Å². The Morgan fingerprint density at radius 1 is 1.62 bits per heavy atom. The summed E-state index contributed by atoms with van der Waals surface area (Å²) < 4.78 is 0. The van der Waals surface area contributed by atoms with Crippen molar-refractivity contribution in [3.05, 3.63) is 31.8 Å². The summed E-state index contributed by atoms with van der Waals surface area (Å²) in [5, 5.41) is 3.06. The van der Waals surface area contributed by atoms with Crippen LogP contribution in [0.15, 0.2) is 11.2 Å². The second-order valence-electron chi connectivity index (χ2n) is 2.91. The van der Waals surface area contributed by atoms with Crippen molar-refractivity contribution in [2.24, 2.45) is 5.11 Å². The molecule has 0 saturated carbocycles. The Bertz CT molecular complexity index is 382. The van der Waals surface area contributed by atoms with E-state index >= 15 is 0 Å². The molecule has 0 spiro atoms. The number of thiophene rings is 1. The molecule has 0 aromatic carbocycles. The standard InChI is InChI=1S/C8H7N3OS/c9-11-10-8(12)7-4-5-2-1-3-6(5)13-7/h4H,1-3H2. The summed E-state index contributed by atoms with van der Waals surface area (Å²) in [6, 6.07) is 1.85.